The Balaban J connectivity index is 0.000000576. The van der Waals surface area contributed by atoms with Gasteiger partial charge in [0.25, 0.3) is 0 Å². The molecule has 9 atom stereocenters. The number of aldehydes is 1. The number of ketones is 1. The van der Waals surface area contributed by atoms with Crippen molar-refractivity contribution in [1.82, 2.24) is 29.6 Å². The second-order valence-corrected chi connectivity index (χ2v) is 34.3. The Kier molecular flexibility index (Phi) is 53.2. The van der Waals surface area contributed by atoms with E-state index in [1.165, 1.54) is 52.7 Å². The van der Waals surface area contributed by atoms with E-state index < -0.39 is 18.1 Å². The van der Waals surface area contributed by atoms with E-state index in [0.717, 1.165) is 94.4 Å². The van der Waals surface area contributed by atoms with E-state index in [0.29, 0.717) is 49.2 Å². The third-order valence-electron chi connectivity index (χ3n) is 21.0. The number of benzene rings is 10. The number of hydrogen-bond acceptors (Lipinski definition) is 24. The van der Waals surface area contributed by atoms with Gasteiger partial charge < -0.3 is 74.7 Å². The predicted octanol–water partition coefficient (Wildman–Crippen LogP) is 15.5. The standard InChI is InChI=1S/C32H33N3O5S2.C18H22NO2.C18H20NO2.C17H12N2O2S.C11H17NO.C7H5O2.B.Na.3Y.H2.H/c1-19-14-22(11-13-26(19)40-29(20(2)35(3)4)23-8-6-5-7-9-23)17-39-28(36)16-21-10-12-24-27(15-21)42-31(33-24)30-34-25(18-41-30)32(37)38;2*1-14(19(2)3)18(16-7-5-4-6-8-16)21-17-11-9-15(13-20)10-12-17;1-11-2-5-13(6-3-11)21-17(20)9-12-4-7-14-15(8-12)22-16(10-18)19-14;1-9(12(2)3)11(13)10-7-5-4-6-8-10;8-5-6-1-3-7(9)4-2-6;;;;;;;/h5-15,20,25,29H,16-18H2,1-4H3,(H,37,38);4-11,14,18,20H,13H2,1-3H3;4-11,13-14,18H,1-3H3;2-8H,9H2,1H3;4-9,11,13H,1-3H3;1-3,5,8H;;;;;;1H;/q;2*-1;;;-1;;+1;;;;;-1/t20?,25-,29?;;;;;;;;;;;;/m1............/s1/i;;;;;;;;;;;1+1;. The maximum Gasteiger partial charge on any atom is 1.00 e. The molecule has 0 saturated heterocycles. The van der Waals surface area contributed by atoms with Crippen molar-refractivity contribution in [1.29, 1.82) is 5.26 Å². The first-order valence-electron chi connectivity index (χ1n) is 41.4. The average molecular weight is 2080 g/mol. The number of likely N-dealkylation sites (N-methyl/N-ethyl adjacent to an activating group) is 4. The zero-order chi connectivity index (χ0) is 92.3. The number of fused-ring (bicyclic) bond motifs is 2. The van der Waals surface area contributed by atoms with Gasteiger partial charge in [0.2, 0.25) is 0 Å². The van der Waals surface area contributed by atoms with Crippen LogP contribution in [0.4, 0.5) is 0 Å². The molecule has 1 aliphatic heterocycles. The van der Waals surface area contributed by atoms with Crippen LogP contribution >= 0.6 is 34.4 Å². The molecule has 10 aromatic carbocycles. The Hall–Kier alpha value is -8.20. The van der Waals surface area contributed by atoms with Gasteiger partial charge in [-0.25, -0.2) is 14.8 Å². The van der Waals surface area contributed by atoms with Crippen molar-refractivity contribution in [2.24, 2.45) is 4.99 Å². The molecular weight excluding hydrogens is 1970 g/mol. The number of carboxylic acids is 1. The van der Waals surface area contributed by atoms with Gasteiger partial charge in [-0.1, -0.05) is 163 Å². The SMILES string of the molecule is CC(C(O)c1ccccc1)N(C)C.CC(C(Oc1[c-]cc(C=O)cc1)c1ccccc1)N(C)C.CC(C(Oc1[c-]cc(CO)cc1)c1ccccc1)N(C)C.Cc1cc(COC(=O)Cc2ccc3nc(C4=N[C@@H](C(=O)O)CS4)sc3c2)ccc1OC(c1ccccc1)C(C)N(C)C.Cc1ccc(OC(=O)Cc2ccc3nc(C#N)sc3c2)cc1.O=C1[C-]=CC(=CO)C=C1.[2HH].[B].[H-].[Na+].[Y].[Y].[Y]. The smallest absolute Gasteiger partial charge is 1.00 e. The second-order valence-electron chi connectivity index (χ2n) is 31.2. The number of carbonyl (C=O) groups excluding carboxylic acids is 4. The number of hydrogen-bond donors (Lipinski definition) is 4. The molecule has 12 aromatic rings. The summed E-state index contributed by atoms with van der Waals surface area (Å²) in [5.74, 6) is 1.36. The molecule has 0 spiro atoms. The Labute approximate surface area is 896 Å². The van der Waals surface area contributed by atoms with E-state index in [1.54, 1.807) is 36.4 Å². The summed E-state index contributed by atoms with van der Waals surface area (Å²) in [5, 5.41) is 47.2. The number of aliphatic hydroxyl groups excluding tert-OH is 3. The zero-order valence-corrected chi connectivity index (χ0v) is 90.6. The van der Waals surface area contributed by atoms with Crippen molar-refractivity contribution in [2.75, 3.05) is 62.1 Å². The Bertz CT molecular complexity index is 5760. The van der Waals surface area contributed by atoms with E-state index in [2.05, 4.69) is 105 Å². The van der Waals surface area contributed by atoms with E-state index in [9.17, 15) is 34.2 Å². The maximum absolute atomic E-state index is 12.7. The number of rotatable bonds is 29. The molecular formula is C103H112BN8NaO14S3Y3-3. The minimum absolute atomic E-state index is 0. The Morgan fingerprint density at radius 1 is 0.586 bits per heavy atom. The number of thiazole rings is 2. The van der Waals surface area contributed by atoms with Crippen LogP contribution in [0, 0.1) is 43.4 Å². The van der Waals surface area contributed by atoms with Crippen LogP contribution < -0.4 is 48.5 Å². The van der Waals surface area contributed by atoms with Gasteiger partial charge in [0.05, 0.1) is 51.4 Å². The Morgan fingerprint density at radius 3 is 1.50 bits per heavy atom. The first-order valence-corrected chi connectivity index (χ1v) is 44.1. The van der Waals surface area contributed by atoms with Crippen LogP contribution in [-0.4, -0.2) is 186 Å². The second kappa shape index (κ2) is 60.4. The van der Waals surface area contributed by atoms with Crippen molar-refractivity contribution in [2.45, 2.75) is 122 Å². The fourth-order valence-corrected chi connectivity index (χ4v) is 15.5. The molecule has 133 heavy (non-hydrogen) atoms. The summed E-state index contributed by atoms with van der Waals surface area (Å²) >= 11 is 4.17. The fraction of sp³-hybridized carbons (Fsp3) is 0.272. The summed E-state index contributed by atoms with van der Waals surface area (Å²) in [7, 11) is 16.2. The number of aromatic nitrogens is 2. The van der Waals surface area contributed by atoms with Crippen LogP contribution in [-0.2, 0) is 148 Å². The van der Waals surface area contributed by atoms with E-state index in [1.807, 2.05) is 252 Å². The number of aliphatic hydroxyl groups is 3. The molecule has 2 aliphatic rings. The molecule has 30 heteroatoms. The van der Waals surface area contributed by atoms with Gasteiger partial charge in [0.1, 0.15) is 52.5 Å². The van der Waals surface area contributed by atoms with E-state index >= 15 is 0 Å². The summed E-state index contributed by atoms with van der Waals surface area (Å²) < 4.78 is 31.5. The average Bonchev–Trinajstić information content (AvgIpc) is 1.67. The van der Waals surface area contributed by atoms with Gasteiger partial charge in [-0.3, -0.25) is 14.6 Å². The van der Waals surface area contributed by atoms with Crippen molar-refractivity contribution in [3.05, 3.63) is 356 Å². The number of carbonyl (C=O) groups is 5. The van der Waals surface area contributed by atoms with E-state index in [4.69, 9.17) is 39.2 Å². The van der Waals surface area contributed by atoms with Gasteiger partial charge >= 0.3 is 47.5 Å². The fourth-order valence-electron chi connectivity index (χ4n) is 12.6. The number of nitrogens with zero attached hydrogens (tertiary/aromatic N) is 8. The summed E-state index contributed by atoms with van der Waals surface area (Å²) in [4.78, 5) is 78.4. The maximum atomic E-state index is 12.7. The van der Waals surface area contributed by atoms with Gasteiger partial charge in [0, 0.05) is 162 Å². The number of aliphatic imine (C=N–C) groups is 1. The number of carboxylic acid groups (broad SMARTS) is 1. The molecule has 2 aromatic heterocycles. The number of aryl methyl sites for hydroxylation is 2. The molecule has 0 bridgehead atoms. The zero-order valence-electron chi connectivity index (χ0n) is 78.6. The normalized spacial score (nSPS) is 14.2. The Morgan fingerprint density at radius 2 is 1.06 bits per heavy atom. The van der Waals surface area contributed by atoms with Gasteiger partial charge in [-0.2, -0.15) is 41.7 Å². The first kappa shape index (κ1) is 117. The summed E-state index contributed by atoms with van der Waals surface area (Å²) in [6.07, 6.45) is 8.05. The topological polar surface area (TPSA) is 287 Å². The summed E-state index contributed by atoms with van der Waals surface area (Å²) in [6.45, 7) is 12.6. The summed E-state index contributed by atoms with van der Waals surface area (Å²) in [5.41, 5.74) is 12.6. The molecule has 0 fully saturated rings. The number of ether oxygens (including phenoxy) is 5. The molecule has 1 aliphatic carbocycles. The molecule has 22 nitrogen and oxygen atoms in total. The molecule has 8 unspecified atom stereocenters. The van der Waals surface area contributed by atoms with Crippen molar-refractivity contribution >= 4 is 98.3 Å². The molecule has 14 rings (SSSR count). The number of thioether (sulfide) groups is 1. The molecule has 4 N–H and O–H groups in total. The van der Waals surface area contributed by atoms with Crippen LogP contribution in [0.25, 0.3) is 20.4 Å². The monoisotopic (exact) mass is 2080 g/mol. The molecule has 3 heterocycles. The van der Waals surface area contributed by atoms with Crippen molar-refractivity contribution in [3.63, 3.8) is 0 Å². The minimum atomic E-state index is -0.926. The number of nitriles is 1. The molecule has 0 saturated carbocycles. The predicted molar refractivity (Wildman–Crippen MR) is 517 cm³/mol. The van der Waals surface area contributed by atoms with Crippen LogP contribution in [0.2, 0.25) is 0 Å². The minimum Gasteiger partial charge on any atom is -1.00 e. The molecule has 682 valence electrons. The van der Waals surface area contributed by atoms with Gasteiger partial charge in [-0.05, 0) is 191 Å². The molecule has 6 radical (unpaired) electrons. The van der Waals surface area contributed by atoms with Crippen molar-refractivity contribution < 1.29 is 199 Å². The van der Waals surface area contributed by atoms with Crippen LogP contribution in [0.15, 0.2) is 272 Å². The van der Waals surface area contributed by atoms with Crippen LogP contribution in [0.1, 0.15) is 131 Å². The van der Waals surface area contributed by atoms with E-state index in [-0.39, 0.29) is 225 Å². The van der Waals surface area contributed by atoms with Crippen molar-refractivity contribution in [3.8, 4) is 29.1 Å². The first-order chi connectivity index (χ1) is 61.5. The quantitative estimate of drug-likeness (QED) is 0.00846. The van der Waals surface area contributed by atoms with Gasteiger partial charge in [0.15, 0.2) is 11.0 Å². The van der Waals surface area contributed by atoms with Crippen LogP contribution in [0.5, 0.6) is 23.0 Å². The largest absolute Gasteiger partial charge is 1.00 e. The third kappa shape index (κ3) is 37.7. The number of allylic oxidation sites excluding steroid dienone is 5. The number of esters is 2. The van der Waals surface area contributed by atoms with Crippen LogP contribution in [0.3, 0.4) is 0 Å². The number of aliphatic carboxylic acids is 1. The third-order valence-corrected chi connectivity index (χ3v) is 24.1. The van der Waals surface area contributed by atoms with Gasteiger partial charge in [-0.15, -0.1) is 82.0 Å². The molecule has 0 amide bonds. The summed E-state index contributed by atoms with van der Waals surface area (Å²) in [6, 6.07) is 83.4.